The molecule has 298 valence electrons. The van der Waals surface area contributed by atoms with Gasteiger partial charge in [-0.05, 0) is 102 Å². The first-order valence-electron chi connectivity index (χ1n) is 22.0. The zero-order chi connectivity index (χ0) is 42.2. The molecule has 0 radical (unpaired) electrons. The number of rotatable bonds is 5. The molecule has 0 fully saturated rings. The summed E-state index contributed by atoms with van der Waals surface area (Å²) in [7, 11) is 0. The molecule has 13 rings (SSSR count). The van der Waals surface area contributed by atoms with Gasteiger partial charge in [0.25, 0.3) is 0 Å². The van der Waals surface area contributed by atoms with Crippen LogP contribution in [0.5, 0.6) is 0 Å². The molecule has 3 nitrogen and oxygen atoms in total. The Morgan fingerprint density at radius 2 is 0.859 bits per heavy atom. The number of anilines is 3. The maximum atomic E-state index is 5.19. The molecule has 64 heavy (non-hydrogen) atoms. The average Bonchev–Trinajstić information content (AvgIpc) is 3.67. The lowest BCUT2D eigenvalue weighted by Gasteiger charge is -2.45. The molecular formula is C61H39N3. The zero-order valence-electron chi connectivity index (χ0n) is 34.9. The minimum Gasteiger partial charge on any atom is -0.310 e. The monoisotopic (exact) mass is 813 g/mol. The van der Waals surface area contributed by atoms with Crippen LogP contribution in [0, 0.1) is 0 Å². The van der Waals surface area contributed by atoms with Gasteiger partial charge in [-0.1, -0.05) is 200 Å². The summed E-state index contributed by atoms with van der Waals surface area (Å²) in [5, 5.41) is 4.92. The molecule has 11 aromatic rings. The van der Waals surface area contributed by atoms with Gasteiger partial charge in [-0.15, -0.1) is 0 Å². The molecule has 1 aromatic heterocycles. The van der Waals surface area contributed by atoms with Crippen molar-refractivity contribution < 1.29 is 0 Å². The third kappa shape index (κ3) is 5.47. The van der Waals surface area contributed by atoms with Gasteiger partial charge < -0.3 is 4.90 Å². The molecule has 1 aliphatic heterocycles. The number of hydrogen-bond donors (Lipinski definition) is 0. The molecule has 2 heterocycles. The van der Waals surface area contributed by atoms with Crippen LogP contribution < -0.4 is 4.90 Å². The van der Waals surface area contributed by atoms with Crippen LogP contribution in [0.25, 0.3) is 77.7 Å². The van der Waals surface area contributed by atoms with E-state index in [0.29, 0.717) is 5.82 Å². The molecule has 0 N–H and O–H groups in total. The van der Waals surface area contributed by atoms with Gasteiger partial charge in [0, 0.05) is 22.4 Å². The van der Waals surface area contributed by atoms with Crippen molar-refractivity contribution >= 4 is 38.6 Å². The summed E-state index contributed by atoms with van der Waals surface area (Å²) in [6.07, 6.45) is 0. The van der Waals surface area contributed by atoms with Crippen molar-refractivity contribution in [3.63, 3.8) is 0 Å². The minimum absolute atomic E-state index is 0.479. The molecule has 0 unspecified atom stereocenters. The fourth-order valence-corrected chi connectivity index (χ4v) is 10.6. The fourth-order valence-electron chi connectivity index (χ4n) is 10.6. The Hall–Kier alpha value is -8.40. The van der Waals surface area contributed by atoms with Crippen molar-refractivity contribution in [3.8, 4) is 56.2 Å². The summed E-state index contributed by atoms with van der Waals surface area (Å²) in [6, 6.07) is 85.9. The van der Waals surface area contributed by atoms with E-state index in [9.17, 15) is 0 Å². The Labute approximate surface area is 372 Å². The number of fused-ring (bicyclic) bond motifs is 12. The summed E-state index contributed by atoms with van der Waals surface area (Å²) in [5.41, 5.74) is 18.0. The second-order valence-corrected chi connectivity index (χ2v) is 16.9. The van der Waals surface area contributed by atoms with E-state index in [4.69, 9.17) is 9.97 Å². The fraction of sp³-hybridized carbons (Fsp3) is 0.0164. The lowest BCUT2D eigenvalue weighted by molar-refractivity contribution is 0.753. The van der Waals surface area contributed by atoms with E-state index in [2.05, 4.69) is 223 Å². The Morgan fingerprint density at radius 1 is 0.312 bits per heavy atom. The van der Waals surface area contributed by atoms with E-state index in [1.165, 1.54) is 66.3 Å². The standard InChI is InChI=1S/C61H39N3/c1-3-16-43(17-4-1)60-62-56(39-57(63-60)46-33-35-49-45(37-46)32-29-41-15-7-8-20-48(41)49)42-30-27-40(28-31-42)44-34-36-55-59(38-44)64(47-18-5-2-6-19-47)58-26-14-13-25-54(58)61(55)52-23-11-9-21-50(52)51-22-10-12-24-53(51)61/h1-39H. The highest BCUT2D eigenvalue weighted by molar-refractivity contribution is 6.08. The van der Waals surface area contributed by atoms with Crippen LogP contribution >= 0.6 is 0 Å². The first kappa shape index (κ1) is 36.3. The average molecular weight is 814 g/mol. The van der Waals surface area contributed by atoms with Gasteiger partial charge in [0.2, 0.25) is 0 Å². The summed E-state index contributed by atoms with van der Waals surface area (Å²) in [6.45, 7) is 0. The quantitative estimate of drug-likeness (QED) is 0.162. The van der Waals surface area contributed by atoms with E-state index in [0.717, 1.165) is 44.9 Å². The predicted octanol–water partition coefficient (Wildman–Crippen LogP) is 15.6. The van der Waals surface area contributed by atoms with E-state index in [1.54, 1.807) is 0 Å². The van der Waals surface area contributed by atoms with Crippen molar-refractivity contribution in [1.29, 1.82) is 0 Å². The van der Waals surface area contributed by atoms with E-state index in [1.807, 2.05) is 18.2 Å². The molecule has 0 amide bonds. The molecule has 10 aromatic carbocycles. The molecule has 0 bridgehead atoms. The molecule has 0 saturated heterocycles. The van der Waals surface area contributed by atoms with E-state index < -0.39 is 5.41 Å². The molecule has 1 aliphatic carbocycles. The molecule has 2 aliphatic rings. The van der Waals surface area contributed by atoms with Crippen LogP contribution in [0.3, 0.4) is 0 Å². The molecule has 0 saturated carbocycles. The minimum atomic E-state index is -0.479. The van der Waals surface area contributed by atoms with E-state index >= 15 is 0 Å². The third-order valence-electron chi connectivity index (χ3n) is 13.5. The van der Waals surface area contributed by atoms with Gasteiger partial charge >= 0.3 is 0 Å². The predicted molar refractivity (Wildman–Crippen MR) is 264 cm³/mol. The van der Waals surface area contributed by atoms with Crippen LogP contribution in [0.4, 0.5) is 17.1 Å². The first-order chi connectivity index (χ1) is 31.7. The smallest absolute Gasteiger partial charge is 0.160 e. The largest absolute Gasteiger partial charge is 0.310 e. The molecular weight excluding hydrogens is 775 g/mol. The topological polar surface area (TPSA) is 29.0 Å². The highest BCUT2D eigenvalue weighted by atomic mass is 15.2. The molecule has 1 spiro atoms. The van der Waals surface area contributed by atoms with Crippen molar-refractivity contribution in [3.05, 3.63) is 259 Å². The Balaban J connectivity index is 0.949. The Kier molecular flexibility index (Phi) is 8.13. The zero-order valence-corrected chi connectivity index (χ0v) is 34.9. The van der Waals surface area contributed by atoms with Crippen LogP contribution in [0.1, 0.15) is 22.3 Å². The lowest BCUT2D eigenvalue weighted by atomic mass is 9.64. The maximum Gasteiger partial charge on any atom is 0.160 e. The van der Waals surface area contributed by atoms with Gasteiger partial charge in [-0.3, -0.25) is 0 Å². The van der Waals surface area contributed by atoms with Crippen molar-refractivity contribution in [1.82, 2.24) is 9.97 Å². The van der Waals surface area contributed by atoms with Crippen molar-refractivity contribution in [2.75, 3.05) is 4.90 Å². The highest BCUT2D eigenvalue weighted by Crippen LogP contribution is 2.63. The Morgan fingerprint density at radius 3 is 1.62 bits per heavy atom. The number of para-hydroxylation sites is 2. The van der Waals surface area contributed by atoms with Crippen molar-refractivity contribution in [2.45, 2.75) is 5.41 Å². The second-order valence-electron chi connectivity index (χ2n) is 16.9. The van der Waals surface area contributed by atoms with Crippen LogP contribution in [0.2, 0.25) is 0 Å². The number of hydrogen-bond acceptors (Lipinski definition) is 3. The van der Waals surface area contributed by atoms with Gasteiger partial charge in [-0.25, -0.2) is 9.97 Å². The highest BCUT2D eigenvalue weighted by Gasteiger charge is 2.51. The summed E-state index contributed by atoms with van der Waals surface area (Å²) >= 11 is 0. The summed E-state index contributed by atoms with van der Waals surface area (Å²) in [5.74, 6) is 0.704. The SMILES string of the molecule is c1ccc(-c2nc(-c3ccc(-c4ccc5c(c4)N(c4ccccc4)c4ccccc4C54c5ccccc5-c5ccccc54)cc3)cc(-c3ccc4c(ccc5ccccc54)c3)n2)cc1. The first-order valence-corrected chi connectivity index (χ1v) is 22.0. The number of nitrogens with zero attached hydrogens (tertiary/aromatic N) is 3. The van der Waals surface area contributed by atoms with Crippen LogP contribution in [-0.2, 0) is 5.41 Å². The van der Waals surface area contributed by atoms with Crippen LogP contribution in [0.15, 0.2) is 237 Å². The van der Waals surface area contributed by atoms with E-state index in [-0.39, 0.29) is 0 Å². The third-order valence-corrected chi connectivity index (χ3v) is 13.5. The molecule has 0 atom stereocenters. The van der Waals surface area contributed by atoms with Crippen molar-refractivity contribution in [2.24, 2.45) is 0 Å². The molecule has 3 heteroatoms. The number of aromatic nitrogens is 2. The second kappa shape index (κ2) is 14.3. The van der Waals surface area contributed by atoms with Gasteiger partial charge in [-0.2, -0.15) is 0 Å². The summed E-state index contributed by atoms with van der Waals surface area (Å²) in [4.78, 5) is 12.8. The van der Waals surface area contributed by atoms with Gasteiger partial charge in [0.05, 0.1) is 28.2 Å². The summed E-state index contributed by atoms with van der Waals surface area (Å²) < 4.78 is 0. The van der Waals surface area contributed by atoms with Gasteiger partial charge in [0.1, 0.15) is 0 Å². The maximum absolute atomic E-state index is 5.19. The van der Waals surface area contributed by atoms with Gasteiger partial charge in [0.15, 0.2) is 5.82 Å². The Bertz CT molecular complexity index is 3570. The number of benzene rings is 10. The normalized spacial score (nSPS) is 13.1. The lowest BCUT2D eigenvalue weighted by Crippen LogP contribution is -2.36. The van der Waals surface area contributed by atoms with Crippen LogP contribution in [-0.4, -0.2) is 9.97 Å².